The molecule has 15 heavy (non-hydrogen) atoms. The molecule has 1 aromatic rings. The predicted octanol–water partition coefficient (Wildman–Crippen LogP) is 2.35. The third-order valence-electron chi connectivity index (χ3n) is 2.00. The second-order valence-electron chi connectivity index (χ2n) is 3.01. The van der Waals surface area contributed by atoms with Crippen LogP contribution in [0.1, 0.15) is 0 Å². The predicted molar refractivity (Wildman–Crippen MR) is 61.3 cm³/mol. The van der Waals surface area contributed by atoms with Crippen molar-refractivity contribution in [2.45, 2.75) is 0 Å². The fraction of sp³-hybridized carbons (Fsp3) is 0.300. The summed E-state index contributed by atoms with van der Waals surface area (Å²) < 4.78 is 18.4. The first kappa shape index (κ1) is 10.3. The molecule has 1 heterocycles. The Hall–Kier alpha value is -1.23. The Morgan fingerprint density at radius 3 is 3.07 bits per heavy atom. The Kier molecular flexibility index (Phi) is 3.11. The summed E-state index contributed by atoms with van der Waals surface area (Å²) >= 11 is 1.59. The molecule has 0 atom stereocenters. The van der Waals surface area contributed by atoms with Gasteiger partial charge >= 0.3 is 0 Å². The van der Waals surface area contributed by atoms with Gasteiger partial charge in [0, 0.05) is 11.8 Å². The van der Waals surface area contributed by atoms with Gasteiger partial charge in [0.05, 0.1) is 19.3 Å². The van der Waals surface area contributed by atoms with Crippen LogP contribution >= 0.6 is 11.8 Å². The minimum atomic E-state index is -0.300. The molecule has 1 N–H and O–H groups in total. The van der Waals surface area contributed by atoms with E-state index < -0.39 is 0 Å². The summed E-state index contributed by atoms with van der Waals surface area (Å²) in [7, 11) is 1.55. The molecule has 1 aromatic carbocycles. The van der Waals surface area contributed by atoms with Crippen LogP contribution in [0.25, 0.3) is 0 Å². The number of thioether (sulfide) groups is 1. The highest BCUT2D eigenvalue weighted by molar-refractivity contribution is 8.14. The summed E-state index contributed by atoms with van der Waals surface area (Å²) in [4.78, 5) is 4.19. The number of nitrogens with zero attached hydrogens (tertiary/aromatic N) is 1. The molecule has 0 fully saturated rings. The van der Waals surface area contributed by atoms with Crippen molar-refractivity contribution in [3.63, 3.8) is 0 Å². The van der Waals surface area contributed by atoms with Crippen molar-refractivity contribution in [2.75, 3.05) is 24.7 Å². The molecular weight excluding hydrogens is 215 g/mol. The van der Waals surface area contributed by atoms with Crippen molar-refractivity contribution in [3.8, 4) is 5.75 Å². The third-order valence-corrected chi connectivity index (χ3v) is 2.89. The maximum atomic E-state index is 13.4. The lowest BCUT2D eigenvalue weighted by atomic mass is 10.3. The Morgan fingerprint density at radius 1 is 1.53 bits per heavy atom. The van der Waals surface area contributed by atoms with E-state index in [-0.39, 0.29) is 5.82 Å². The normalized spacial score (nSPS) is 14.9. The van der Waals surface area contributed by atoms with E-state index in [4.69, 9.17) is 4.74 Å². The van der Waals surface area contributed by atoms with Crippen LogP contribution in [0, 0.1) is 5.82 Å². The van der Waals surface area contributed by atoms with Crippen molar-refractivity contribution in [2.24, 2.45) is 4.99 Å². The average Bonchev–Trinajstić information content (AvgIpc) is 2.74. The van der Waals surface area contributed by atoms with Gasteiger partial charge in [-0.25, -0.2) is 4.39 Å². The van der Waals surface area contributed by atoms with Gasteiger partial charge < -0.3 is 10.1 Å². The molecule has 0 amide bonds. The Balaban J connectivity index is 2.18. The Bertz CT molecular complexity index is 395. The van der Waals surface area contributed by atoms with E-state index in [1.165, 1.54) is 6.07 Å². The number of aliphatic imine (C=N–C) groups is 1. The Morgan fingerprint density at radius 2 is 2.40 bits per heavy atom. The largest absolute Gasteiger partial charge is 0.497 e. The van der Waals surface area contributed by atoms with Crippen LogP contribution in [0.2, 0.25) is 0 Å². The van der Waals surface area contributed by atoms with E-state index in [9.17, 15) is 4.39 Å². The number of halogens is 1. The zero-order valence-electron chi connectivity index (χ0n) is 8.29. The van der Waals surface area contributed by atoms with Gasteiger partial charge in [-0.3, -0.25) is 4.99 Å². The second-order valence-corrected chi connectivity index (χ2v) is 4.09. The van der Waals surface area contributed by atoms with E-state index in [1.807, 2.05) is 0 Å². The fourth-order valence-electron chi connectivity index (χ4n) is 1.25. The minimum absolute atomic E-state index is 0.300. The van der Waals surface area contributed by atoms with Gasteiger partial charge in [-0.1, -0.05) is 11.8 Å². The molecule has 0 saturated carbocycles. The van der Waals surface area contributed by atoms with Gasteiger partial charge in [-0.2, -0.15) is 0 Å². The molecule has 0 unspecified atom stereocenters. The van der Waals surface area contributed by atoms with Crippen molar-refractivity contribution in [3.05, 3.63) is 24.0 Å². The summed E-state index contributed by atoms with van der Waals surface area (Å²) in [5, 5.41) is 3.71. The number of benzene rings is 1. The van der Waals surface area contributed by atoms with Crippen LogP contribution in [0.4, 0.5) is 10.1 Å². The van der Waals surface area contributed by atoms with Crippen molar-refractivity contribution < 1.29 is 9.13 Å². The molecule has 0 radical (unpaired) electrons. The molecule has 2 rings (SSSR count). The van der Waals surface area contributed by atoms with Crippen LogP contribution in [0.15, 0.2) is 23.2 Å². The molecule has 0 aromatic heterocycles. The van der Waals surface area contributed by atoms with Gasteiger partial charge in [-0.05, 0) is 12.1 Å². The number of nitrogens with one attached hydrogen (secondary N) is 1. The van der Waals surface area contributed by atoms with Gasteiger partial charge in [0.2, 0.25) is 0 Å². The van der Waals surface area contributed by atoms with Crippen LogP contribution in [-0.4, -0.2) is 24.6 Å². The molecule has 0 saturated heterocycles. The van der Waals surface area contributed by atoms with E-state index in [1.54, 1.807) is 31.0 Å². The Labute approximate surface area is 91.7 Å². The number of anilines is 1. The SMILES string of the molecule is COc1ccc(F)c(NC2=NCCS2)c1. The molecule has 1 aliphatic rings. The smallest absolute Gasteiger partial charge is 0.161 e. The molecule has 0 spiro atoms. The lowest BCUT2D eigenvalue weighted by molar-refractivity contribution is 0.414. The van der Waals surface area contributed by atoms with Gasteiger partial charge in [0.25, 0.3) is 0 Å². The number of rotatable bonds is 2. The molecule has 0 bridgehead atoms. The maximum absolute atomic E-state index is 13.4. The second kappa shape index (κ2) is 4.53. The quantitative estimate of drug-likeness (QED) is 0.840. The first-order valence-corrected chi connectivity index (χ1v) is 5.56. The number of amidine groups is 1. The van der Waals surface area contributed by atoms with E-state index in [0.29, 0.717) is 11.4 Å². The monoisotopic (exact) mass is 226 g/mol. The molecule has 3 nitrogen and oxygen atoms in total. The lowest BCUT2D eigenvalue weighted by Crippen LogP contribution is -2.06. The number of hydrogen-bond donors (Lipinski definition) is 1. The lowest BCUT2D eigenvalue weighted by Gasteiger charge is -2.08. The average molecular weight is 226 g/mol. The fourth-order valence-corrected chi connectivity index (χ4v) is 1.99. The van der Waals surface area contributed by atoms with E-state index in [0.717, 1.165) is 17.5 Å². The highest BCUT2D eigenvalue weighted by Gasteiger charge is 2.10. The summed E-state index contributed by atoms with van der Waals surface area (Å²) in [6, 6.07) is 4.59. The van der Waals surface area contributed by atoms with Crippen LogP contribution in [0.3, 0.4) is 0 Å². The van der Waals surface area contributed by atoms with Gasteiger partial charge in [-0.15, -0.1) is 0 Å². The van der Waals surface area contributed by atoms with E-state index >= 15 is 0 Å². The van der Waals surface area contributed by atoms with Gasteiger partial charge in [0.15, 0.2) is 5.17 Å². The standard InChI is InChI=1S/C10H11FN2OS/c1-14-7-2-3-8(11)9(6-7)13-10-12-4-5-15-10/h2-3,6H,4-5H2,1H3,(H,12,13). The summed E-state index contributed by atoms with van der Waals surface area (Å²) in [5.41, 5.74) is 0.405. The third kappa shape index (κ3) is 2.41. The summed E-state index contributed by atoms with van der Waals surface area (Å²) in [5.74, 6) is 1.28. The van der Waals surface area contributed by atoms with Crippen LogP contribution in [-0.2, 0) is 0 Å². The highest BCUT2D eigenvalue weighted by atomic mass is 32.2. The first-order valence-electron chi connectivity index (χ1n) is 4.57. The number of hydrogen-bond acceptors (Lipinski definition) is 4. The molecule has 0 aliphatic carbocycles. The van der Waals surface area contributed by atoms with Crippen LogP contribution in [0.5, 0.6) is 5.75 Å². The molecule has 5 heteroatoms. The highest BCUT2D eigenvalue weighted by Crippen LogP contribution is 2.23. The van der Waals surface area contributed by atoms with Gasteiger partial charge in [0.1, 0.15) is 11.6 Å². The maximum Gasteiger partial charge on any atom is 0.161 e. The first-order chi connectivity index (χ1) is 7.29. The van der Waals surface area contributed by atoms with Crippen molar-refractivity contribution in [1.29, 1.82) is 0 Å². The zero-order valence-corrected chi connectivity index (χ0v) is 9.10. The van der Waals surface area contributed by atoms with Crippen molar-refractivity contribution in [1.82, 2.24) is 0 Å². The molecule has 80 valence electrons. The minimum Gasteiger partial charge on any atom is -0.497 e. The molecular formula is C10H11FN2OS. The van der Waals surface area contributed by atoms with E-state index in [2.05, 4.69) is 10.3 Å². The number of methoxy groups -OCH3 is 1. The van der Waals surface area contributed by atoms with Crippen molar-refractivity contribution >= 4 is 22.6 Å². The zero-order chi connectivity index (χ0) is 10.7. The molecule has 1 aliphatic heterocycles. The topological polar surface area (TPSA) is 33.6 Å². The number of ether oxygens (including phenoxy) is 1. The van der Waals surface area contributed by atoms with Crippen LogP contribution < -0.4 is 10.1 Å². The summed E-state index contributed by atoms with van der Waals surface area (Å²) in [6.45, 7) is 0.790. The summed E-state index contributed by atoms with van der Waals surface area (Å²) in [6.07, 6.45) is 0.